The van der Waals surface area contributed by atoms with Crippen molar-refractivity contribution in [1.82, 2.24) is 0 Å². The molecule has 1 aliphatic rings. The van der Waals surface area contributed by atoms with E-state index in [1.54, 1.807) is 24.3 Å². The number of ether oxygens (including phenoxy) is 1. The second kappa shape index (κ2) is 8.24. The molecule has 23 heavy (non-hydrogen) atoms. The van der Waals surface area contributed by atoms with Gasteiger partial charge >= 0.3 is 0 Å². The van der Waals surface area contributed by atoms with Crippen molar-refractivity contribution in [3.8, 4) is 5.75 Å². The molecule has 1 aromatic rings. The Morgan fingerprint density at radius 1 is 1.26 bits per heavy atom. The molecule has 1 amide bonds. The minimum atomic E-state index is -2.55. The lowest BCUT2D eigenvalue weighted by Gasteiger charge is -2.35. The highest BCUT2D eigenvalue weighted by Gasteiger charge is 2.33. The number of anilines is 1. The van der Waals surface area contributed by atoms with E-state index in [0.29, 0.717) is 18.7 Å². The molecule has 0 aromatic heterocycles. The summed E-state index contributed by atoms with van der Waals surface area (Å²) in [5, 5.41) is 2.78. The summed E-state index contributed by atoms with van der Waals surface area (Å²) in [5.74, 6) is 0.108. The van der Waals surface area contributed by atoms with Gasteiger partial charge in [-0.25, -0.2) is 8.78 Å². The molecule has 4 nitrogen and oxygen atoms in total. The number of hydrogen-bond acceptors (Lipinski definition) is 3. The summed E-state index contributed by atoms with van der Waals surface area (Å²) in [4.78, 5) is 12.4. The monoisotopic (exact) mass is 326 g/mol. The highest BCUT2D eigenvalue weighted by Crippen LogP contribution is 2.38. The van der Waals surface area contributed by atoms with Crippen LogP contribution in [0.4, 0.5) is 14.5 Å². The van der Waals surface area contributed by atoms with E-state index < -0.39 is 13.0 Å². The minimum Gasteiger partial charge on any atom is -0.485 e. The van der Waals surface area contributed by atoms with Crippen molar-refractivity contribution in [3.05, 3.63) is 24.3 Å². The van der Waals surface area contributed by atoms with Crippen LogP contribution in [0.25, 0.3) is 0 Å². The molecule has 1 fully saturated rings. The molecule has 0 atom stereocenters. The van der Waals surface area contributed by atoms with Crippen LogP contribution in [-0.4, -0.2) is 25.5 Å². The predicted octanol–water partition coefficient (Wildman–Crippen LogP) is 3.57. The van der Waals surface area contributed by atoms with Gasteiger partial charge in [0.25, 0.3) is 6.43 Å². The fourth-order valence-corrected chi connectivity index (χ4v) is 3.14. The van der Waals surface area contributed by atoms with E-state index in [1.807, 2.05) is 0 Å². The van der Waals surface area contributed by atoms with Crippen LogP contribution in [-0.2, 0) is 4.79 Å². The molecule has 0 bridgehead atoms. The highest BCUT2D eigenvalue weighted by molar-refractivity contribution is 5.92. The molecule has 1 aliphatic carbocycles. The zero-order valence-corrected chi connectivity index (χ0v) is 13.2. The van der Waals surface area contributed by atoms with Crippen molar-refractivity contribution < 1.29 is 18.3 Å². The van der Waals surface area contributed by atoms with Crippen LogP contribution in [0.3, 0.4) is 0 Å². The Hall–Kier alpha value is -1.69. The van der Waals surface area contributed by atoms with Gasteiger partial charge in [0.2, 0.25) is 5.91 Å². The van der Waals surface area contributed by atoms with Gasteiger partial charge in [-0.3, -0.25) is 4.79 Å². The summed E-state index contributed by atoms with van der Waals surface area (Å²) in [6.07, 6.45) is 3.10. The van der Waals surface area contributed by atoms with E-state index >= 15 is 0 Å². The van der Waals surface area contributed by atoms with Gasteiger partial charge in [-0.2, -0.15) is 0 Å². The van der Waals surface area contributed by atoms with Gasteiger partial charge in [0.15, 0.2) is 0 Å². The number of nitrogens with two attached hydrogens (primary N) is 1. The number of carbonyl (C=O) groups excluding carboxylic acids is 1. The van der Waals surface area contributed by atoms with E-state index in [1.165, 1.54) is 6.42 Å². The topological polar surface area (TPSA) is 64.4 Å². The highest BCUT2D eigenvalue weighted by atomic mass is 19.3. The van der Waals surface area contributed by atoms with Crippen LogP contribution in [0, 0.1) is 5.41 Å². The van der Waals surface area contributed by atoms with Crippen molar-refractivity contribution in [1.29, 1.82) is 0 Å². The van der Waals surface area contributed by atoms with Crippen LogP contribution in [0.15, 0.2) is 24.3 Å². The number of halogens is 2. The van der Waals surface area contributed by atoms with E-state index in [-0.39, 0.29) is 17.1 Å². The number of rotatable bonds is 7. The van der Waals surface area contributed by atoms with Crippen molar-refractivity contribution >= 4 is 11.6 Å². The summed E-state index contributed by atoms with van der Waals surface area (Å²) in [5.41, 5.74) is 6.18. The molecule has 0 saturated heterocycles. The third kappa shape index (κ3) is 5.16. The van der Waals surface area contributed by atoms with Gasteiger partial charge in [-0.05, 0) is 36.9 Å². The zero-order valence-electron chi connectivity index (χ0n) is 13.2. The Labute approximate surface area is 135 Å². The normalized spacial score (nSPS) is 17.0. The molecule has 0 unspecified atom stereocenters. The SMILES string of the molecule is NCC1(CC(=O)Nc2ccccc2OCC(F)F)CCCCC1. The average molecular weight is 326 g/mol. The van der Waals surface area contributed by atoms with Crippen LogP contribution in [0.2, 0.25) is 0 Å². The first kappa shape index (κ1) is 17.7. The first-order chi connectivity index (χ1) is 11.0. The molecule has 0 aliphatic heterocycles. The van der Waals surface area contributed by atoms with Gasteiger partial charge < -0.3 is 15.8 Å². The first-order valence-corrected chi connectivity index (χ1v) is 8.04. The minimum absolute atomic E-state index is 0.138. The molecule has 128 valence electrons. The maximum Gasteiger partial charge on any atom is 0.272 e. The lowest BCUT2D eigenvalue weighted by atomic mass is 9.71. The molecule has 3 N–H and O–H groups in total. The van der Waals surface area contributed by atoms with Crippen molar-refractivity contribution in [2.45, 2.75) is 45.0 Å². The summed E-state index contributed by atoms with van der Waals surface area (Å²) in [6, 6.07) is 6.62. The molecular weight excluding hydrogens is 302 g/mol. The van der Waals surface area contributed by atoms with Gasteiger partial charge in [-0.15, -0.1) is 0 Å². The fraction of sp³-hybridized carbons (Fsp3) is 0.588. The maximum atomic E-state index is 12.4. The molecule has 2 rings (SSSR count). The van der Waals surface area contributed by atoms with Crippen molar-refractivity contribution in [2.24, 2.45) is 11.1 Å². The zero-order chi connectivity index (χ0) is 16.7. The van der Waals surface area contributed by atoms with Gasteiger partial charge in [-0.1, -0.05) is 31.4 Å². The second-order valence-electron chi connectivity index (χ2n) is 6.19. The average Bonchev–Trinajstić information content (AvgIpc) is 2.54. The Morgan fingerprint density at radius 3 is 2.61 bits per heavy atom. The molecule has 0 radical (unpaired) electrons. The Kier molecular flexibility index (Phi) is 6.33. The number of nitrogens with one attached hydrogen (secondary N) is 1. The molecule has 0 spiro atoms. The second-order valence-corrected chi connectivity index (χ2v) is 6.19. The third-order valence-corrected chi connectivity index (χ3v) is 4.41. The summed E-state index contributed by atoms with van der Waals surface area (Å²) >= 11 is 0. The molecular formula is C17H24F2N2O2. The van der Waals surface area contributed by atoms with Crippen LogP contribution in [0.1, 0.15) is 38.5 Å². The van der Waals surface area contributed by atoms with E-state index in [0.717, 1.165) is 25.7 Å². The molecule has 1 saturated carbocycles. The Morgan fingerprint density at radius 2 is 1.96 bits per heavy atom. The van der Waals surface area contributed by atoms with Gasteiger partial charge in [0.1, 0.15) is 12.4 Å². The quantitative estimate of drug-likeness (QED) is 0.805. The van der Waals surface area contributed by atoms with Crippen molar-refractivity contribution in [3.63, 3.8) is 0 Å². The number of amides is 1. The number of alkyl halides is 2. The van der Waals surface area contributed by atoms with Gasteiger partial charge in [0.05, 0.1) is 5.69 Å². The third-order valence-electron chi connectivity index (χ3n) is 4.41. The number of hydrogen-bond donors (Lipinski definition) is 2. The van der Waals surface area contributed by atoms with Gasteiger partial charge in [0, 0.05) is 6.42 Å². The molecule has 0 heterocycles. The summed E-state index contributed by atoms with van der Waals surface area (Å²) in [6.45, 7) is -0.205. The predicted molar refractivity (Wildman–Crippen MR) is 85.8 cm³/mol. The fourth-order valence-electron chi connectivity index (χ4n) is 3.14. The van der Waals surface area contributed by atoms with E-state index in [2.05, 4.69) is 5.32 Å². The standard InChI is InChI=1S/C17H24F2N2O2/c18-15(19)11-23-14-7-3-2-6-13(14)21-16(22)10-17(12-20)8-4-1-5-9-17/h2-3,6-7,15H,1,4-5,8-12,20H2,(H,21,22). The van der Waals surface area contributed by atoms with Crippen LogP contribution < -0.4 is 15.8 Å². The van der Waals surface area contributed by atoms with E-state index in [9.17, 15) is 13.6 Å². The van der Waals surface area contributed by atoms with Crippen LogP contribution >= 0.6 is 0 Å². The smallest absolute Gasteiger partial charge is 0.272 e. The number of carbonyl (C=O) groups is 1. The first-order valence-electron chi connectivity index (χ1n) is 8.04. The maximum absolute atomic E-state index is 12.4. The number of para-hydroxylation sites is 2. The van der Waals surface area contributed by atoms with E-state index in [4.69, 9.17) is 10.5 Å². The lowest BCUT2D eigenvalue weighted by Crippen LogP contribution is -2.36. The largest absolute Gasteiger partial charge is 0.485 e. The Balaban J connectivity index is 1.99. The Bertz CT molecular complexity index is 517. The lowest BCUT2D eigenvalue weighted by molar-refractivity contribution is -0.118. The number of benzene rings is 1. The molecule has 6 heteroatoms. The molecule has 1 aromatic carbocycles. The van der Waals surface area contributed by atoms with Crippen LogP contribution in [0.5, 0.6) is 5.75 Å². The van der Waals surface area contributed by atoms with Crippen molar-refractivity contribution in [2.75, 3.05) is 18.5 Å². The summed E-state index contributed by atoms with van der Waals surface area (Å²) < 4.78 is 29.6. The summed E-state index contributed by atoms with van der Waals surface area (Å²) in [7, 11) is 0.